The van der Waals surface area contributed by atoms with Crippen LogP contribution in [0.3, 0.4) is 0 Å². The van der Waals surface area contributed by atoms with E-state index in [-0.39, 0.29) is 10.9 Å². The molecule has 0 unspecified atom stereocenters. The molecule has 1 heterocycles. The van der Waals surface area contributed by atoms with Crippen molar-refractivity contribution < 1.29 is 14.3 Å². The van der Waals surface area contributed by atoms with Crippen molar-refractivity contribution in [3.05, 3.63) is 52.7 Å². The Balaban J connectivity index is 2.20. The highest BCUT2D eigenvalue weighted by Crippen LogP contribution is 2.28. The van der Waals surface area contributed by atoms with Crippen LogP contribution in [-0.4, -0.2) is 17.6 Å². The number of pyridine rings is 1. The summed E-state index contributed by atoms with van der Waals surface area (Å²) in [5.74, 6) is 0.442. The molecule has 0 aliphatic heterocycles. The van der Waals surface area contributed by atoms with E-state index in [0.717, 1.165) is 5.56 Å². The summed E-state index contributed by atoms with van der Waals surface area (Å²) < 4.78 is 10.5. The molecule has 5 heteroatoms. The third kappa shape index (κ3) is 3.48. The first kappa shape index (κ1) is 14.3. The minimum atomic E-state index is -0.455. The number of hydrogen-bond acceptors (Lipinski definition) is 4. The van der Waals surface area contributed by atoms with Gasteiger partial charge in [-0.3, -0.25) is 0 Å². The average Bonchev–Trinajstić information content (AvgIpc) is 2.41. The molecule has 0 N–H and O–H groups in total. The largest absolute Gasteiger partial charge is 0.462 e. The number of aromatic nitrogens is 1. The van der Waals surface area contributed by atoms with Gasteiger partial charge < -0.3 is 9.47 Å². The van der Waals surface area contributed by atoms with Crippen LogP contribution in [0.4, 0.5) is 0 Å². The Morgan fingerprint density at radius 1 is 1.35 bits per heavy atom. The summed E-state index contributed by atoms with van der Waals surface area (Å²) in [5, 5.41) is 0.261. The first-order chi connectivity index (χ1) is 9.60. The monoisotopic (exact) mass is 291 g/mol. The molecule has 2 aromatic rings. The molecule has 0 radical (unpaired) electrons. The molecule has 0 bridgehead atoms. The Labute approximate surface area is 122 Å². The van der Waals surface area contributed by atoms with E-state index in [9.17, 15) is 4.79 Å². The second-order valence-corrected chi connectivity index (χ2v) is 4.56. The van der Waals surface area contributed by atoms with Gasteiger partial charge in [-0.15, -0.1) is 0 Å². The van der Waals surface area contributed by atoms with Crippen LogP contribution in [0.15, 0.2) is 36.5 Å². The smallest absolute Gasteiger partial charge is 0.339 e. The minimum Gasteiger partial charge on any atom is -0.462 e. The molecule has 0 amide bonds. The van der Waals surface area contributed by atoms with E-state index in [1.807, 2.05) is 31.2 Å². The van der Waals surface area contributed by atoms with E-state index in [0.29, 0.717) is 17.9 Å². The Bertz CT molecular complexity index is 628. The summed E-state index contributed by atoms with van der Waals surface area (Å²) in [7, 11) is 0. The Morgan fingerprint density at radius 3 is 2.80 bits per heavy atom. The lowest BCUT2D eigenvalue weighted by Crippen LogP contribution is -2.05. The Hall–Kier alpha value is -2.07. The van der Waals surface area contributed by atoms with E-state index in [1.165, 1.54) is 12.3 Å². The minimum absolute atomic E-state index is 0.255. The second-order valence-electron chi connectivity index (χ2n) is 4.15. The fourth-order valence-electron chi connectivity index (χ4n) is 1.62. The normalized spacial score (nSPS) is 10.2. The lowest BCUT2D eigenvalue weighted by atomic mass is 10.2. The number of esters is 1. The van der Waals surface area contributed by atoms with Crippen molar-refractivity contribution in [2.75, 3.05) is 6.61 Å². The van der Waals surface area contributed by atoms with Crippen LogP contribution in [0.5, 0.6) is 11.6 Å². The lowest BCUT2D eigenvalue weighted by molar-refractivity contribution is 0.0526. The van der Waals surface area contributed by atoms with Crippen LogP contribution in [0.1, 0.15) is 22.8 Å². The Kier molecular flexibility index (Phi) is 4.58. The molecule has 0 aliphatic rings. The molecule has 104 valence electrons. The summed E-state index contributed by atoms with van der Waals surface area (Å²) in [6.45, 7) is 4.01. The van der Waals surface area contributed by atoms with Gasteiger partial charge in [-0.1, -0.05) is 23.7 Å². The quantitative estimate of drug-likeness (QED) is 0.799. The zero-order chi connectivity index (χ0) is 14.5. The molecule has 1 aromatic carbocycles. The van der Waals surface area contributed by atoms with E-state index < -0.39 is 5.97 Å². The van der Waals surface area contributed by atoms with Gasteiger partial charge >= 0.3 is 5.97 Å². The van der Waals surface area contributed by atoms with Crippen molar-refractivity contribution in [2.45, 2.75) is 13.8 Å². The fourth-order valence-corrected chi connectivity index (χ4v) is 1.82. The standard InChI is InChI=1S/C15H14ClNO3/c1-3-19-15(18)11-8-13(16)14(17-9-11)20-12-6-4-5-10(2)7-12/h4-9H,3H2,1-2H3. The second kappa shape index (κ2) is 6.39. The maximum atomic E-state index is 11.5. The van der Waals surface area contributed by atoms with E-state index in [4.69, 9.17) is 21.1 Å². The maximum Gasteiger partial charge on any atom is 0.339 e. The molecule has 4 nitrogen and oxygen atoms in total. The predicted octanol–water partition coefficient (Wildman–Crippen LogP) is 4.01. The molecule has 20 heavy (non-hydrogen) atoms. The predicted molar refractivity (Wildman–Crippen MR) is 76.5 cm³/mol. The van der Waals surface area contributed by atoms with Crippen LogP contribution >= 0.6 is 11.6 Å². The van der Waals surface area contributed by atoms with Gasteiger partial charge in [0.2, 0.25) is 5.88 Å². The topological polar surface area (TPSA) is 48.4 Å². The average molecular weight is 292 g/mol. The van der Waals surface area contributed by atoms with Crippen LogP contribution in [-0.2, 0) is 4.74 Å². The number of hydrogen-bond donors (Lipinski definition) is 0. The number of carbonyl (C=O) groups is 1. The lowest BCUT2D eigenvalue weighted by Gasteiger charge is -2.08. The van der Waals surface area contributed by atoms with Crippen LogP contribution in [0.25, 0.3) is 0 Å². The van der Waals surface area contributed by atoms with Crippen molar-refractivity contribution in [1.29, 1.82) is 0 Å². The van der Waals surface area contributed by atoms with E-state index >= 15 is 0 Å². The molecule has 0 saturated heterocycles. The summed E-state index contributed by atoms with van der Waals surface area (Å²) in [6, 6.07) is 9.01. The molecular weight excluding hydrogens is 278 g/mol. The summed E-state index contributed by atoms with van der Waals surface area (Å²) in [5.41, 5.74) is 1.37. The SMILES string of the molecule is CCOC(=O)c1cnc(Oc2cccc(C)c2)c(Cl)c1. The zero-order valence-corrected chi connectivity index (χ0v) is 12.0. The number of nitrogens with zero attached hydrogens (tertiary/aromatic N) is 1. The van der Waals surface area contributed by atoms with Gasteiger partial charge in [0.25, 0.3) is 0 Å². The number of aryl methyl sites for hydroxylation is 1. The zero-order valence-electron chi connectivity index (χ0n) is 11.2. The third-order valence-corrected chi connectivity index (χ3v) is 2.79. The molecule has 0 aliphatic carbocycles. The van der Waals surface area contributed by atoms with Gasteiger partial charge in [-0.25, -0.2) is 9.78 Å². The summed E-state index contributed by atoms with van der Waals surface area (Å²) in [6.07, 6.45) is 1.38. The number of benzene rings is 1. The highest BCUT2D eigenvalue weighted by Gasteiger charge is 2.12. The highest BCUT2D eigenvalue weighted by atomic mass is 35.5. The number of ether oxygens (including phenoxy) is 2. The van der Waals surface area contributed by atoms with Gasteiger partial charge in [0.05, 0.1) is 12.2 Å². The number of rotatable bonds is 4. The van der Waals surface area contributed by atoms with Crippen LogP contribution in [0, 0.1) is 6.92 Å². The van der Waals surface area contributed by atoms with E-state index in [1.54, 1.807) is 6.92 Å². The van der Waals surface area contributed by atoms with Gasteiger partial charge in [-0.2, -0.15) is 0 Å². The number of halogens is 1. The molecule has 1 aromatic heterocycles. The van der Waals surface area contributed by atoms with Crippen molar-refractivity contribution in [2.24, 2.45) is 0 Å². The molecule has 0 spiro atoms. The fraction of sp³-hybridized carbons (Fsp3) is 0.200. The Morgan fingerprint density at radius 2 is 2.15 bits per heavy atom. The number of carbonyl (C=O) groups excluding carboxylic acids is 1. The maximum absolute atomic E-state index is 11.5. The van der Waals surface area contributed by atoms with E-state index in [2.05, 4.69) is 4.98 Å². The van der Waals surface area contributed by atoms with Crippen molar-refractivity contribution in [3.8, 4) is 11.6 Å². The van der Waals surface area contributed by atoms with Gasteiger partial charge in [0.15, 0.2) is 0 Å². The molecular formula is C15H14ClNO3. The van der Waals surface area contributed by atoms with Gasteiger partial charge in [0, 0.05) is 6.20 Å². The highest BCUT2D eigenvalue weighted by molar-refractivity contribution is 6.32. The first-order valence-corrected chi connectivity index (χ1v) is 6.55. The van der Waals surface area contributed by atoms with Gasteiger partial charge in [0.1, 0.15) is 10.8 Å². The van der Waals surface area contributed by atoms with Crippen LogP contribution in [0.2, 0.25) is 5.02 Å². The van der Waals surface area contributed by atoms with Crippen molar-refractivity contribution >= 4 is 17.6 Å². The van der Waals surface area contributed by atoms with Crippen molar-refractivity contribution in [3.63, 3.8) is 0 Å². The third-order valence-electron chi connectivity index (χ3n) is 2.52. The molecule has 0 fully saturated rings. The van der Waals surface area contributed by atoms with Crippen LogP contribution < -0.4 is 4.74 Å². The first-order valence-electron chi connectivity index (χ1n) is 6.17. The summed E-state index contributed by atoms with van der Waals surface area (Å²) in [4.78, 5) is 15.6. The van der Waals surface area contributed by atoms with Crippen molar-refractivity contribution in [1.82, 2.24) is 4.98 Å². The summed E-state index contributed by atoms with van der Waals surface area (Å²) >= 11 is 6.07. The molecule has 0 saturated carbocycles. The molecule has 0 atom stereocenters. The van der Waals surface area contributed by atoms with Gasteiger partial charge in [-0.05, 0) is 37.6 Å². The molecule has 2 rings (SSSR count).